The fourth-order valence-corrected chi connectivity index (χ4v) is 1.06. The van der Waals surface area contributed by atoms with Crippen LogP contribution >= 0.6 is 0 Å². The smallest absolute Gasteiger partial charge is 0.335 e. The summed E-state index contributed by atoms with van der Waals surface area (Å²) in [6.07, 6.45) is -2.00. The molecule has 0 aromatic carbocycles. The number of aliphatic hydroxyl groups excluding tert-OH is 2. The lowest BCUT2D eigenvalue weighted by atomic mass is 10.1. The SMILES string of the molecule is O=Cc1cccnc1C(O)C(O)C(=O)O. The second-order valence-corrected chi connectivity index (χ2v) is 2.82. The van der Waals surface area contributed by atoms with Gasteiger partial charge in [-0.25, -0.2) is 4.79 Å². The van der Waals surface area contributed by atoms with E-state index in [-0.39, 0.29) is 11.3 Å². The zero-order valence-corrected chi connectivity index (χ0v) is 7.57. The van der Waals surface area contributed by atoms with Crippen molar-refractivity contribution >= 4 is 12.3 Å². The number of carboxylic acids is 1. The summed E-state index contributed by atoms with van der Waals surface area (Å²) in [6, 6.07) is 2.83. The molecule has 0 bridgehead atoms. The molecule has 0 aliphatic heterocycles. The average Bonchev–Trinajstić information content (AvgIpc) is 2.26. The Balaban J connectivity index is 3.04. The molecular formula is C9H9NO5. The minimum absolute atomic E-state index is 0.0466. The minimum atomic E-state index is -2.00. The molecule has 1 aromatic heterocycles. The van der Waals surface area contributed by atoms with Crippen LogP contribution in [0.3, 0.4) is 0 Å². The van der Waals surface area contributed by atoms with E-state index in [9.17, 15) is 14.7 Å². The number of aliphatic hydroxyl groups is 2. The molecule has 6 heteroatoms. The summed E-state index contributed by atoms with van der Waals surface area (Å²) in [6.45, 7) is 0. The molecule has 0 fully saturated rings. The van der Waals surface area contributed by atoms with E-state index in [1.165, 1.54) is 18.3 Å². The fraction of sp³-hybridized carbons (Fsp3) is 0.222. The first-order valence-corrected chi connectivity index (χ1v) is 4.07. The third-order valence-electron chi connectivity index (χ3n) is 1.83. The molecule has 0 spiro atoms. The second kappa shape index (κ2) is 4.63. The zero-order valence-electron chi connectivity index (χ0n) is 7.57. The van der Waals surface area contributed by atoms with Gasteiger partial charge < -0.3 is 15.3 Å². The fourth-order valence-electron chi connectivity index (χ4n) is 1.06. The Bertz CT molecular complexity index is 379. The molecular weight excluding hydrogens is 202 g/mol. The summed E-state index contributed by atoms with van der Waals surface area (Å²) in [5, 5.41) is 26.9. The Morgan fingerprint density at radius 1 is 1.47 bits per heavy atom. The number of nitrogens with zero attached hydrogens (tertiary/aromatic N) is 1. The summed E-state index contributed by atoms with van der Waals surface area (Å²) < 4.78 is 0. The lowest BCUT2D eigenvalue weighted by Gasteiger charge is -2.14. The van der Waals surface area contributed by atoms with E-state index in [0.29, 0.717) is 6.29 Å². The van der Waals surface area contributed by atoms with Crippen LogP contribution in [0.25, 0.3) is 0 Å². The number of pyridine rings is 1. The van der Waals surface area contributed by atoms with Crippen molar-refractivity contribution in [2.24, 2.45) is 0 Å². The van der Waals surface area contributed by atoms with Gasteiger partial charge in [0, 0.05) is 11.8 Å². The Morgan fingerprint density at radius 2 is 2.13 bits per heavy atom. The maximum atomic E-state index is 10.5. The van der Waals surface area contributed by atoms with Crippen molar-refractivity contribution < 1.29 is 24.9 Å². The van der Waals surface area contributed by atoms with E-state index < -0.39 is 18.2 Å². The summed E-state index contributed by atoms with van der Waals surface area (Å²) in [5.41, 5.74) is -0.104. The number of aldehydes is 1. The van der Waals surface area contributed by atoms with Crippen LogP contribution in [0.1, 0.15) is 22.2 Å². The first kappa shape index (κ1) is 11.3. The number of hydrogen-bond donors (Lipinski definition) is 3. The van der Waals surface area contributed by atoms with Crippen LogP contribution in [-0.4, -0.2) is 38.7 Å². The van der Waals surface area contributed by atoms with Crippen molar-refractivity contribution in [1.82, 2.24) is 4.98 Å². The summed E-state index contributed by atoms with van der Waals surface area (Å²) in [7, 11) is 0. The topological polar surface area (TPSA) is 108 Å². The maximum absolute atomic E-state index is 10.5. The molecule has 6 nitrogen and oxygen atoms in total. The second-order valence-electron chi connectivity index (χ2n) is 2.82. The minimum Gasteiger partial charge on any atom is -0.479 e. The number of aromatic nitrogens is 1. The van der Waals surface area contributed by atoms with E-state index >= 15 is 0 Å². The van der Waals surface area contributed by atoms with Crippen LogP contribution in [0.5, 0.6) is 0 Å². The predicted octanol–water partition coefficient (Wildman–Crippen LogP) is -0.627. The van der Waals surface area contributed by atoms with E-state index in [2.05, 4.69) is 4.98 Å². The van der Waals surface area contributed by atoms with Crippen LogP contribution in [0.4, 0.5) is 0 Å². The van der Waals surface area contributed by atoms with Gasteiger partial charge in [-0.2, -0.15) is 0 Å². The summed E-state index contributed by atoms with van der Waals surface area (Å²) in [5.74, 6) is -1.58. The molecule has 15 heavy (non-hydrogen) atoms. The van der Waals surface area contributed by atoms with E-state index in [1.54, 1.807) is 0 Å². The third kappa shape index (κ3) is 2.36. The van der Waals surface area contributed by atoms with Gasteiger partial charge in [0.2, 0.25) is 0 Å². The van der Waals surface area contributed by atoms with Crippen molar-refractivity contribution in [3.8, 4) is 0 Å². The largest absolute Gasteiger partial charge is 0.479 e. The summed E-state index contributed by atoms with van der Waals surface area (Å²) >= 11 is 0. The van der Waals surface area contributed by atoms with Crippen molar-refractivity contribution in [2.45, 2.75) is 12.2 Å². The zero-order chi connectivity index (χ0) is 11.4. The number of hydrogen-bond acceptors (Lipinski definition) is 5. The highest BCUT2D eigenvalue weighted by atomic mass is 16.4. The van der Waals surface area contributed by atoms with Gasteiger partial charge in [-0.15, -0.1) is 0 Å². The van der Waals surface area contributed by atoms with Crippen LogP contribution in [-0.2, 0) is 4.79 Å². The van der Waals surface area contributed by atoms with Crippen molar-refractivity contribution in [2.75, 3.05) is 0 Å². The van der Waals surface area contributed by atoms with Gasteiger partial charge >= 0.3 is 5.97 Å². The Hall–Kier alpha value is -1.79. The number of carbonyl (C=O) groups is 2. The molecule has 0 amide bonds. The van der Waals surface area contributed by atoms with Gasteiger partial charge in [0.15, 0.2) is 12.4 Å². The Labute approximate surface area is 84.8 Å². The van der Waals surface area contributed by atoms with E-state index in [4.69, 9.17) is 10.2 Å². The Morgan fingerprint density at radius 3 is 2.67 bits per heavy atom. The van der Waals surface area contributed by atoms with E-state index in [0.717, 1.165) is 0 Å². The van der Waals surface area contributed by atoms with Crippen LogP contribution in [0.15, 0.2) is 18.3 Å². The van der Waals surface area contributed by atoms with E-state index in [1.807, 2.05) is 0 Å². The average molecular weight is 211 g/mol. The lowest BCUT2D eigenvalue weighted by Crippen LogP contribution is -2.28. The van der Waals surface area contributed by atoms with Crippen molar-refractivity contribution in [3.63, 3.8) is 0 Å². The van der Waals surface area contributed by atoms with Crippen LogP contribution in [0, 0.1) is 0 Å². The van der Waals surface area contributed by atoms with Crippen LogP contribution < -0.4 is 0 Å². The molecule has 0 saturated heterocycles. The predicted molar refractivity (Wildman–Crippen MR) is 48.2 cm³/mol. The molecule has 0 aliphatic rings. The molecule has 2 atom stereocenters. The van der Waals surface area contributed by atoms with Crippen LogP contribution in [0.2, 0.25) is 0 Å². The highest BCUT2D eigenvalue weighted by Gasteiger charge is 2.27. The molecule has 0 aliphatic carbocycles. The number of rotatable bonds is 4. The highest BCUT2D eigenvalue weighted by Crippen LogP contribution is 2.17. The quantitative estimate of drug-likeness (QED) is 0.572. The lowest BCUT2D eigenvalue weighted by molar-refractivity contribution is -0.153. The van der Waals surface area contributed by atoms with Gasteiger partial charge in [0.1, 0.15) is 6.10 Å². The molecule has 1 aromatic rings. The third-order valence-corrected chi connectivity index (χ3v) is 1.83. The molecule has 0 radical (unpaired) electrons. The number of carbonyl (C=O) groups excluding carboxylic acids is 1. The van der Waals surface area contributed by atoms with Gasteiger partial charge in [-0.1, -0.05) is 0 Å². The monoisotopic (exact) mass is 211 g/mol. The standard InChI is InChI=1S/C9H9NO5/c11-4-5-2-1-3-10-6(5)7(12)8(13)9(14)15/h1-4,7-8,12-13H,(H,14,15). The molecule has 2 unspecified atom stereocenters. The first-order chi connectivity index (χ1) is 7.07. The Kier molecular flexibility index (Phi) is 3.48. The van der Waals surface area contributed by atoms with Gasteiger partial charge in [0.05, 0.1) is 5.69 Å². The maximum Gasteiger partial charge on any atom is 0.335 e. The molecule has 1 rings (SSSR count). The summed E-state index contributed by atoms with van der Waals surface area (Å²) in [4.78, 5) is 24.6. The normalized spacial score (nSPS) is 14.3. The number of aliphatic carboxylic acids is 1. The van der Waals surface area contributed by atoms with Crippen molar-refractivity contribution in [3.05, 3.63) is 29.6 Å². The highest BCUT2D eigenvalue weighted by molar-refractivity contribution is 5.78. The molecule has 1 heterocycles. The molecule has 80 valence electrons. The van der Waals surface area contributed by atoms with Gasteiger partial charge in [0.25, 0.3) is 0 Å². The van der Waals surface area contributed by atoms with Gasteiger partial charge in [-0.3, -0.25) is 9.78 Å². The first-order valence-electron chi connectivity index (χ1n) is 4.07. The molecule has 3 N–H and O–H groups in total. The van der Waals surface area contributed by atoms with Crippen molar-refractivity contribution in [1.29, 1.82) is 0 Å². The number of carboxylic acid groups (broad SMARTS) is 1. The van der Waals surface area contributed by atoms with Gasteiger partial charge in [-0.05, 0) is 12.1 Å². The molecule has 0 saturated carbocycles.